The molecule has 1 aromatic heterocycles. The molecule has 1 aliphatic rings. The molecule has 1 aliphatic heterocycles. The van der Waals surface area contributed by atoms with Gasteiger partial charge in [-0.2, -0.15) is 0 Å². The van der Waals surface area contributed by atoms with Crippen molar-refractivity contribution in [1.82, 2.24) is 9.88 Å². The molecule has 2 heterocycles. The Morgan fingerprint density at radius 3 is 2.61 bits per heavy atom. The number of nitrogens with one attached hydrogen (secondary N) is 1. The van der Waals surface area contributed by atoms with Gasteiger partial charge in [0.05, 0.1) is 6.61 Å². The number of fused-ring (bicyclic) bond motifs is 3. The number of H-pyrrole nitrogens is 1. The maximum absolute atomic E-state index is 14.2. The minimum Gasteiger partial charge on any atom is -0.393 e. The summed E-state index contributed by atoms with van der Waals surface area (Å²) in [6.07, 6.45) is 0.908. The van der Waals surface area contributed by atoms with E-state index in [0.29, 0.717) is 0 Å². The van der Waals surface area contributed by atoms with Gasteiger partial charge >= 0.3 is 0 Å². The van der Waals surface area contributed by atoms with E-state index in [-0.39, 0.29) is 18.6 Å². The van der Waals surface area contributed by atoms with E-state index in [1.807, 2.05) is 19.9 Å². The average Bonchev–Trinajstić information content (AvgIpc) is 2.92. The topological polar surface area (TPSA) is 39.3 Å². The zero-order chi connectivity index (χ0) is 17.2. The van der Waals surface area contributed by atoms with E-state index in [4.69, 9.17) is 0 Å². The van der Waals surface area contributed by atoms with Crippen LogP contribution in [0.15, 0.2) is 24.3 Å². The first-order valence-electron chi connectivity index (χ1n) is 8.58. The van der Waals surface area contributed by atoms with Crippen molar-refractivity contribution in [2.24, 2.45) is 0 Å². The third-order valence-electron chi connectivity index (χ3n) is 4.67. The van der Waals surface area contributed by atoms with Crippen molar-refractivity contribution in [1.29, 1.82) is 0 Å². The van der Waals surface area contributed by atoms with Gasteiger partial charge in [0.25, 0.3) is 0 Å². The van der Waals surface area contributed by atoms with Crippen LogP contribution in [-0.2, 0) is 6.42 Å². The highest BCUT2D eigenvalue weighted by Gasteiger charge is 2.36. The molecule has 0 aliphatic carbocycles. The molecule has 2 aromatic rings. The van der Waals surface area contributed by atoms with Crippen molar-refractivity contribution in [3.05, 3.63) is 35.5 Å². The monoisotopic (exact) mass is 320 g/mol. The molecule has 23 heavy (non-hydrogen) atoms. The molecule has 128 valence electrons. The van der Waals surface area contributed by atoms with Gasteiger partial charge in [0.15, 0.2) is 0 Å². The summed E-state index contributed by atoms with van der Waals surface area (Å²) in [5, 5.41) is 10.5. The smallest absolute Gasteiger partial charge is 0.143 e. The van der Waals surface area contributed by atoms with Crippen LogP contribution in [0.5, 0.6) is 0 Å². The molecule has 3 nitrogen and oxygen atoms in total. The number of rotatable bonds is 3. The number of hydrogen-bond acceptors (Lipinski definition) is 2. The SMILES string of the molecule is CC.CC1Cc2c([nH]c3ccccc23)C(C)N1CC(C)(F)CO. The Hall–Kier alpha value is -1.39. The van der Waals surface area contributed by atoms with Crippen LogP contribution >= 0.6 is 0 Å². The zero-order valence-electron chi connectivity index (χ0n) is 14.9. The fourth-order valence-corrected chi connectivity index (χ4v) is 3.48. The van der Waals surface area contributed by atoms with Gasteiger partial charge in [-0.1, -0.05) is 32.0 Å². The predicted octanol–water partition coefficient (Wildman–Crippen LogP) is 4.22. The average molecular weight is 320 g/mol. The second-order valence-electron chi connectivity index (χ2n) is 6.54. The largest absolute Gasteiger partial charge is 0.393 e. The molecular weight excluding hydrogens is 291 g/mol. The fraction of sp³-hybridized carbons (Fsp3) is 0.579. The zero-order valence-corrected chi connectivity index (χ0v) is 14.9. The van der Waals surface area contributed by atoms with Gasteiger partial charge < -0.3 is 10.1 Å². The number of aromatic amines is 1. The number of nitrogens with zero attached hydrogens (tertiary/aromatic N) is 1. The maximum Gasteiger partial charge on any atom is 0.143 e. The number of hydrogen-bond donors (Lipinski definition) is 2. The lowest BCUT2D eigenvalue weighted by Gasteiger charge is -2.41. The molecule has 0 bridgehead atoms. The van der Waals surface area contributed by atoms with Crippen molar-refractivity contribution in [3.8, 4) is 0 Å². The van der Waals surface area contributed by atoms with Crippen molar-refractivity contribution >= 4 is 10.9 Å². The van der Waals surface area contributed by atoms with E-state index >= 15 is 0 Å². The summed E-state index contributed by atoms with van der Waals surface area (Å²) in [6.45, 7) is 9.52. The van der Waals surface area contributed by atoms with Crippen molar-refractivity contribution in [3.63, 3.8) is 0 Å². The summed E-state index contributed by atoms with van der Waals surface area (Å²) in [5.41, 5.74) is 2.12. The minimum atomic E-state index is -1.56. The Morgan fingerprint density at radius 2 is 1.96 bits per heavy atom. The highest BCUT2D eigenvalue weighted by atomic mass is 19.1. The second kappa shape index (κ2) is 7.02. The molecule has 2 N–H and O–H groups in total. The lowest BCUT2D eigenvalue weighted by Crippen LogP contribution is -2.48. The number of aliphatic hydroxyl groups is 1. The van der Waals surface area contributed by atoms with Crippen LogP contribution in [0.2, 0.25) is 0 Å². The Labute approximate surface area is 138 Å². The molecule has 1 aromatic carbocycles. The first kappa shape index (κ1) is 18.0. The van der Waals surface area contributed by atoms with Crippen LogP contribution in [0.25, 0.3) is 10.9 Å². The summed E-state index contributed by atoms with van der Waals surface area (Å²) in [7, 11) is 0. The van der Waals surface area contributed by atoms with Crippen molar-refractivity contribution < 1.29 is 9.50 Å². The molecule has 0 spiro atoms. The molecule has 3 atom stereocenters. The molecule has 4 heteroatoms. The van der Waals surface area contributed by atoms with Crippen LogP contribution in [-0.4, -0.2) is 39.9 Å². The highest BCUT2D eigenvalue weighted by Crippen LogP contribution is 2.37. The van der Waals surface area contributed by atoms with E-state index in [9.17, 15) is 9.50 Å². The Kier molecular flexibility index (Phi) is 5.48. The molecular formula is C19H29FN2O. The molecule has 0 saturated heterocycles. The quantitative estimate of drug-likeness (QED) is 0.888. The van der Waals surface area contributed by atoms with Gasteiger partial charge in [0.2, 0.25) is 0 Å². The van der Waals surface area contributed by atoms with Crippen LogP contribution in [0.1, 0.15) is 51.9 Å². The summed E-state index contributed by atoms with van der Waals surface area (Å²) >= 11 is 0. The third-order valence-corrected chi connectivity index (χ3v) is 4.67. The lowest BCUT2D eigenvalue weighted by atomic mass is 9.92. The van der Waals surface area contributed by atoms with E-state index in [1.54, 1.807) is 0 Å². The van der Waals surface area contributed by atoms with E-state index in [0.717, 1.165) is 11.9 Å². The van der Waals surface area contributed by atoms with Crippen molar-refractivity contribution in [2.75, 3.05) is 13.2 Å². The molecule has 3 rings (SSSR count). The van der Waals surface area contributed by atoms with Gasteiger partial charge in [-0.15, -0.1) is 0 Å². The third kappa shape index (κ3) is 3.43. The van der Waals surface area contributed by atoms with Crippen LogP contribution in [0, 0.1) is 0 Å². The van der Waals surface area contributed by atoms with E-state index in [2.05, 4.69) is 41.9 Å². The first-order valence-corrected chi connectivity index (χ1v) is 8.58. The van der Waals surface area contributed by atoms with Crippen LogP contribution in [0.4, 0.5) is 4.39 Å². The number of halogens is 1. The summed E-state index contributed by atoms with van der Waals surface area (Å²) in [6, 6.07) is 8.70. The minimum absolute atomic E-state index is 0.123. The number of para-hydroxylation sites is 1. The van der Waals surface area contributed by atoms with Gasteiger partial charge in [0, 0.05) is 35.2 Å². The van der Waals surface area contributed by atoms with Gasteiger partial charge in [-0.05, 0) is 38.8 Å². The number of benzene rings is 1. The van der Waals surface area contributed by atoms with Gasteiger partial charge in [-0.3, -0.25) is 4.90 Å². The summed E-state index contributed by atoms with van der Waals surface area (Å²) in [5.74, 6) is 0. The molecule has 0 saturated carbocycles. The predicted molar refractivity (Wildman–Crippen MR) is 94.5 cm³/mol. The summed E-state index contributed by atoms with van der Waals surface area (Å²) in [4.78, 5) is 5.64. The number of alkyl halides is 1. The first-order chi connectivity index (χ1) is 10.9. The maximum atomic E-state index is 14.2. The molecule has 0 fully saturated rings. The van der Waals surface area contributed by atoms with Gasteiger partial charge in [-0.25, -0.2) is 4.39 Å². The van der Waals surface area contributed by atoms with Crippen LogP contribution in [0.3, 0.4) is 0 Å². The van der Waals surface area contributed by atoms with Crippen molar-refractivity contribution in [2.45, 2.75) is 58.8 Å². The Morgan fingerprint density at radius 1 is 1.30 bits per heavy atom. The summed E-state index contributed by atoms with van der Waals surface area (Å²) < 4.78 is 14.2. The highest BCUT2D eigenvalue weighted by molar-refractivity contribution is 5.85. The number of aliphatic hydroxyl groups excluding tert-OH is 1. The van der Waals surface area contributed by atoms with E-state index < -0.39 is 12.3 Å². The second-order valence-corrected chi connectivity index (χ2v) is 6.54. The molecule has 0 radical (unpaired) electrons. The normalized spacial score (nSPS) is 23.8. The molecule has 3 unspecified atom stereocenters. The molecule has 0 amide bonds. The number of aromatic nitrogens is 1. The lowest BCUT2D eigenvalue weighted by molar-refractivity contribution is 0.0133. The fourth-order valence-electron chi connectivity index (χ4n) is 3.48. The Bertz CT molecular complexity index is 650. The van der Waals surface area contributed by atoms with E-state index in [1.165, 1.54) is 23.6 Å². The van der Waals surface area contributed by atoms with Gasteiger partial charge in [0.1, 0.15) is 5.67 Å². The standard InChI is InChI=1S/C17H23FN2O.C2H6/c1-11-8-14-13-6-4-5-7-15(13)19-16(14)12(2)20(11)9-17(3,18)10-21;1-2/h4-7,11-12,19,21H,8-10H2,1-3H3;1-2H3. The van der Waals surface area contributed by atoms with Crippen LogP contribution < -0.4 is 0 Å². The Balaban J connectivity index is 0.000000924.